The molecule has 2 heterocycles. The molecule has 3 rings (SSSR count). The summed E-state index contributed by atoms with van der Waals surface area (Å²) in [5, 5.41) is 12.0. The Labute approximate surface area is 155 Å². The van der Waals surface area contributed by atoms with Crippen LogP contribution in [-0.2, 0) is 9.53 Å². The van der Waals surface area contributed by atoms with Gasteiger partial charge in [0.05, 0.1) is 25.9 Å². The van der Waals surface area contributed by atoms with Crippen LogP contribution in [0.4, 0.5) is 11.4 Å². The molecule has 0 aromatic heterocycles. The van der Waals surface area contributed by atoms with Gasteiger partial charge in [-0.15, -0.1) is 0 Å². The highest BCUT2D eigenvalue weighted by Crippen LogP contribution is 2.19. The maximum atomic E-state index is 12.6. The molecule has 26 heavy (non-hydrogen) atoms. The van der Waals surface area contributed by atoms with Gasteiger partial charge in [-0.25, -0.2) is 0 Å². The summed E-state index contributed by atoms with van der Waals surface area (Å²) in [7, 11) is 0. The van der Waals surface area contributed by atoms with Crippen LogP contribution in [0.15, 0.2) is 24.3 Å². The average Bonchev–Trinajstić information content (AvgIpc) is 2.69. The van der Waals surface area contributed by atoms with Crippen molar-refractivity contribution in [3.05, 3.63) is 24.3 Å². The molecule has 7 nitrogen and oxygen atoms in total. The fourth-order valence-electron chi connectivity index (χ4n) is 3.51. The second kappa shape index (κ2) is 9.32. The highest BCUT2D eigenvalue weighted by molar-refractivity contribution is 5.94. The second-order valence-electron chi connectivity index (χ2n) is 6.91. The molecule has 2 N–H and O–H groups in total. The highest BCUT2D eigenvalue weighted by atomic mass is 16.5. The molecule has 1 amide bonds. The van der Waals surface area contributed by atoms with Crippen molar-refractivity contribution in [3.8, 4) is 0 Å². The van der Waals surface area contributed by atoms with Crippen LogP contribution in [0.3, 0.4) is 0 Å². The van der Waals surface area contributed by atoms with Gasteiger partial charge in [0.2, 0.25) is 5.91 Å². The minimum Gasteiger partial charge on any atom is -0.395 e. The van der Waals surface area contributed by atoms with Gasteiger partial charge in [-0.2, -0.15) is 0 Å². The van der Waals surface area contributed by atoms with E-state index in [0.717, 1.165) is 58.2 Å². The molecular weight excluding hydrogens is 332 g/mol. The van der Waals surface area contributed by atoms with Crippen molar-refractivity contribution in [2.45, 2.75) is 13.0 Å². The lowest BCUT2D eigenvalue weighted by Crippen LogP contribution is -2.53. The number of ether oxygens (including phenoxy) is 1. The first-order valence-corrected chi connectivity index (χ1v) is 9.48. The Morgan fingerprint density at radius 2 is 1.77 bits per heavy atom. The number of piperazine rings is 1. The van der Waals surface area contributed by atoms with Crippen LogP contribution >= 0.6 is 0 Å². The van der Waals surface area contributed by atoms with Gasteiger partial charge in [0.15, 0.2) is 0 Å². The zero-order chi connectivity index (χ0) is 18.4. The molecule has 0 spiro atoms. The van der Waals surface area contributed by atoms with E-state index < -0.39 is 0 Å². The Morgan fingerprint density at radius 3 is 2.38 bits per heavy atom. The number of aliphatic hydroxyl groups excluding tert-OH is 1. The van der Waals surface area contributed by atoms with Gasteiger partial charge in [0.1, 0.15) is 0 Å². The quantitative estimate of drug-likeness (QED) is 0.766. The Morgan fingerprint density at radius 1 is 1.12 bits per heavy atom. The predicted molar refractivity (Wildman–Crippen MR) is 103 cm³/mol. The molecule has 1 unspecified atom stereocenters. The van der Waals surface area contributed by atoms with E-state index in [4.69, 9.17) is 9.84 Å². The summed E-state index contributed by atoms with van der Waals surface area (Å²) in [5.74, 6) is 0.0275. The van der Waals surface area contributed by atoms with Crippen LogP contribution < -0.4 is 10.2 Å². The van der Waals surface area contributed by atoms with Crippen molar-refractivity contribution in [3.63, 3.8) is 0 Å². The molecule has 1 aromatic carbocycles. The Bertz CT molecular complexity index is 567. The summed E-state index contributed by atoms with van der Waals surface area (Å²) in [6.45, 7) is 9.70. The largest absolute Gasteiger partial charge is 0.395 e. The minimum absolute atomic E-state index is 0.0275. The Balaban J connectivity index is 1.49. The topological polar surface area (TPSA) is 68.3 Å². The van der Waals surface area contributed by atoms with Crippen molar-refractivity contribution in [2.24, 2.45) is 0 Å². The van der Waals surface area contributed by atoms with E-state index in [0.29, 0.717) is 6.54 Å². The van der Waals surface area contributed by atoms with Crippen LogP contribution in [0.5, 0.6) is 0 Å². The third-order valence-electron chi connectivity index (χ3n) is 5.26. The number of rotatable bonds is 6. The third-order valence-corrected chi connectivity index (χ3v) is 5.26. The van der Waals surface area contributed by atoms with Gasteiger partial charge in [-0.1, -0.05) is 0 Å². The van der Waals surface area contributed by atoms with Crippen LogP contribution in [0.1, 0.15) is 6.92 Å². The predicted octanol–water partition coefficient (Wildman–Crippen LogP) is 0.460. The average molecular weight is 362 g/mol. The van der Waals surface area contributed by atoms with Crippen molar-refractivity contribution in [2.75, 3.05) is 75.9 Å². The zero-order valence-electron chi connectivity index (χ0n) is 15.6. The van der Waals surface area contributed by atoms with E-state index in [-0.39, 0.29) is 18.6 Å². The summed E-state index contributed by atoms with van der Waals surface area (Å²) < 4.78 is 5.38. The third kappa shape index (κ3) is 4.94. The number of aliphatic hydroxyl groups is 1. The van der Waals surface area contributed by atoms with Crippen LogP contribution in [0.25, 0.3) is 0 Å². The van der Waals surface area contributed by atoms with Crippen LogP contribution in [0, 0.1) is 0 Å². The number of anilines is 2. The monoisotopic (exact) mass is 362 g/mol. The summed E-state index contributed by atoms with van der Waals surface area (Å²) >= 11 is 0. The molecule has 7 heteroatoms. The second-order valence-corrected chi connectivity index (χ2v) is 6.91. The number of carbonyl (C=O) groups excluding carboxylic acids is 1. The van der Waals surface area contributed by atoms with Gasteiger partial charge >= 0.3 is 0 Å². The van der Waals surface area contributed by atoms with Crippen molar-refractivity contribution < 1.29 is 14.6 Å². The molecule has 144 valence electrons. The fraction of sp³-hybridized carbons (Fsp3) is 0.632. The number of hydrogen-bond donors (Lipinski definition) is 2. The van der Waals surface area contributed by atoms with Crippen molar-refractivity contribution in [1.29, 1.82) is 0 Å². The molecule has 0 saturated carbocycles. The molecule has 2 aliphatic heterocycles. The normalized spacial score (nSPS) is 20.8. The summed E-state index contributed by atoms with van der Waals surface area (Å²) in [5.41, 5.74) is 2.00. The summed E-state index contributed by atoms with van der Waals surface area (Å²) in [4.78, 5) is 19.3. The smallest absolute Gasteiger partial charge is 0.241 e. The van der Waals surface area contributed by atoms with E-state index in [9.17, 15) is 4.79 Å². The molecule has 2 aliphatic rings. The molecular formula is C19H30N4O3. The number of nitrogens with zero attached hydrogens (tertiary/aromatic N) is 3. The first-order valence-electron chi connectivity index (χ1n) is 9.48. The number of carbonyl (C=O) groups is 1. The SMILES string of the molecule is CC(C(=O)Nc1ccc(N2CCOCC2)cc1)N1CCN(CCO)CC1. The van der Waals surface area contributed by atoms with Gasteiger partial charge in [0.25, 0.3) is 0 Å². The molecule has 0 aliphatic carbocycles. The van der Waals surface area contributed by atoms with Gasteiger partial charge in [-0.05, 0) is 31.2 Å². The molecule has 1 aromatic rings. The molecule has 0 bridgehead atoms. The lowest BCUT2D eigenvalue weighted by atomic mass is 10.2. The van der Waals surface area contributed by atoms with E-state index in [2.05, 4.69) is 32.1 Å². The maximum Gasteiger partial charge on any atom is 0.241 e. The fourth-order valence-corrected chi connectivity index (χ4v) is 3.51. The molecule has 0 radical (unpaired) electrons. The first kappa shape index (κ1) is 19.1. The summed E-state index contributed by atoms with van der Waals surface area (Å²) in [6, 6.07) is 7.88. The van der Waals surface area contributed by atoms with Crippen molar-refractivity contribution >= 4 is 17.3 Å². The number of hydrogen-bond acceptors (Lipinski definition) is 6. The Kier molecular flexibility index (Phi) is 6.85. The standard InChI is InChI=1S/C19H30N4O3/c1-16(22-8-6-21(7-9-22)10-13-24)19(25)20-17-2-4-18(5-3-17)23-11-14-26-15-12-23/h2-5,16,24H,6-15H2,1H3,(H,20,25). The lowest BCUT2D eigenvalue weighted by Gasteiger charge is -2.37. The van der Waals surface area contributed by atoms with E-state index in [1.165, 1.54) is 5.69 Å². The van der Waals surface area contributed by atoms with E-state index in [1.54, 1.807) is 0 Å². The van der Waals surface area contributed by atoms with Gasteiger partial charge in [-0.3, -0.25) is 14.6 Å². The molecule has 1 atom stereocenters. The van der Waals surface area contributed by atoms with E-state index >= 15 is 0 Å². The first-order chi connectivity index (χ1) is 12.7. The molecule has 2 fully saturated rings. The zero-order valence-corrected chi connectivity index (χ0v) is 15.6. The number of β-amino-alcohol motifs (C(OH)–C–C–N with tert-alkyl or cyclic N) is 1. The summed E-state index contributed by atoms with van der Waals surface area (Å²) in [6.07, 6.45) is 0. The van der Waals surface area contributed by atoms with Crippen molar-refractivity contribution in [1.82, 2.24) is 9.80 Å². The van der Waals surface area contributed by atoms with Gasteiger partial charge < -0.3 is 20.1 Å². The van der Waals surface area contributed by atoms with E-state index in [1.807, 2.05) is 19.1 Å². The number of morpholine rings is 1. The van der Waals surface area contributed by atoms with Gasteiger partial charge in [0, 0.05) is 57.2 Å². The van der Waals surface area contributed by atoms with Crippen LogP contribution in [0.2, 0.25) is 0 Å². The molecule has 2 saturated heterocycles. The number of amides is 1. The minimum atomic E-state index is -0.162. The Hall–Kier alpha value is -1.67. The highest BCUT2D eigenvalue weighted by Gasteiger charge is 2.25. The number of benzene rings is 1. The van der Waals surface area contributed by atoms with Crippen LogP contribution in [-0.4, -0.2) is 92.5 Å². The number of nitrogens with one attached hydrogen (secondary N) is 1. The maximum absolute atomic E-state index is 12.6. The lowest BCUT2D eigenvalue weighted by molar-refractivity contribution is -0.121.